The van der Waals surface area contributed by atoms with Gasteiger partial charge >= 0.3 is 0 Å². The van der Waals surface area contributed by atoms with Crippen molar-refractivity contribution in [3.8, 4) is 0 Å². The Labute approximate surface area is 133 Å². The monoisotopic (exact) mass is 292 g/mol. The maximum atomic E-state index is 2.48. The first-order valence-corrected chi connectivity index (χ1v) is 8.06. The molecule has 1 aliphatic rings. The lowest BCUT2D eigenvalue weighted by atomic mass is 10.0. The first-order valence-electron chi connectivity index (χ1n) is 8.06. The van der Waals surface area contributed by atoms with Gasteiger partial charge in [0.15, 0.2) is 0 Å². The van der Waals surface area contributed by atoms with E-state index in [2.05, 4.69) is 97.7 Å². The Bertz CT molecular complexity index is 633. The lowest BCUT2D eigenvalue weighted by molar-refractivity contribution is 0.00531. The predicted octanol–water partition coefficient (Wildman–Crippen LogP) is 4.73. The van der Waals surface area contributed by atoms with Crippen molar-refractivity contribution in [3.05, 3.63) is 77.9 Å². The number of hydrogen-bond donors (Lipinski definition) is 0. The van der Waals surface area contributed by atoms with Crippen molar-refractivity contribution in [1.29, 1.82) is 0 Å². The second-order valence-corrected chi connectivity index (χ2v) is 5.93. The standard InChI is InChI=1S/C20H24N2/c1-4-16(2)22-20(18-13-9-6-10-14-18)15-19(21(22)3)17-11-7-5-8-12-17/h5-16,20H,4H2,1-3H3. The van der Waals surface area contributed by atoms with E-state index in [-0.39, 0.29) is 0 Å². The number of hydrazine groups is 1. The highest BCUT2D eigenvalue weighted by atomic mass is 15.7. The van der Waals surface area contributed by atoms with Crippen molar-refractivity contribution in [2.75, 3.05) is 7.05 Å². The maximum Gasteiger partial charge on any atom is 0.0750 e. The minimum absolute atomic E-state index is 0.302. The molecule has 0 saturated heterocycles. The van der Waals surface area contributed by atoms with Crippen molar-refractivity contribution in [2.24, 2.45) is 0 Å². The zero-order chi connectivity index (χ0) is 15.5. The van der Waals surface area contributed by atoms with Crippen LogP contribution in [0, 0.1) is 0 Å². The minimum atomic E-state index is 0.302. The van der Waals surface area contributed by atoms with E-state index in [9.17, 15) is 0 Å². The highest BCUT2D eigenvalue weighted by molar-refractivity contribution is 5.66. The predicted molar refractivity (Wildman–Crippen MR) is 93.0 cm³/mol. The number of benzene rings is 2. The summed E-state index contributed by atoms with van der Waals surface area (Å²) in [5, 5.41) is 4.80. The fourth-order valence-corrected chi connectivity index (χ4v) is 3.19. The Balaban J connectivity index is 2.02. The Morgan fingerprint density at radius 2 is 1.55 bits per heavy atom. The van der Waals surface area contributed by atoms with Gasteiger partial charge in [-0.1, -0.05) is 67.6 Å². The lowest BCUT2D eigenvalue weighted by Gasteiger charge is -2.37. The molecule has 1 aliphatic heterocycles. The molecule has 0 aromatic heterocycles. The third-order valence-corrected chi connectivity index (χ3v) is 4.55. The summed E-state index contributed by atoms with van der Waals surface area (Å²) in [6, 6.07) is 22.2. The third kappa shape index (κ3) is 2.67. The van der Waals surface area contributed by atoms with E-state index in [1.807, 2.05) is 0 Å². The van der Waals surface area contributed by atoms with Crippen LogP contribution < -0.4 is 0 Å². The fraction of sp³-hybridized carbons (Fsp3) is 0.300. The summed E-state index contributed by atoms with van der Waals surface area (Å²) in [6.45, 7) is 4.55. The van der Waals surface area contributed by atoms with Crippen LogP contribution in [0.3, 0.4) is 0 Å². The van der Waals surface area contributed by atoms with Crippen molar-refractivity contribution >= 4 is 5.70 Å². The molecule has 0 bridgehead atoms. The highest BCUT2D eigenvalue weighted by Gasteiger charge is 2.33. The Kier molecular flexibility index (Phi) is 4.30. The van der Waals surface area contributed by atoms with Crippen LogP contribution >= 0.6 is 0 Å². The van der Waals surface area contributed by atoms with E-state index >= 15 is 0 Å². The first-order chi connectivity index (χ1) is 10.7. The normalized spacial score (nSPS) is 20.0. The van der Waals surface area contributed by atoms with E-state index < -0.39 is 0 Å². The van der Waals surface area contributed by atoms with Gasteiger partial charge in [-0.25, -0.2) is 5.01 Å². The highest BCUT2D eigenvalue weighted by Crippen LogP contribution is 2.38. The molecule has 3 rings (SSSR count). The van der Waals surface area contributed by atoms with Gasteiger partial charge in [-0.3, -0.25) is 0 Å². The van der Waals surface area contributed by atoms with Crippen LogP contribution in [0.5, 0.6) is 0 Å². The Morgan fingerprint density at radius 1 is 0.955 bits per heavy atom. The molecule has 0 radical (unpaired) electrons. The van der Waals surface area contributed by atoms with E-state index in [4.69, 9.17) is 0 Å². The summed E-state index contributed by atoms with van der Waals surface area (Å²) in [6.07, 6.45) is 3.51. The second-order valence-electron chi connectivity index (χ2n) is 5.93. The molecule has 0 N–H and O–H groups in total. The maximum absolute atomic E-state index is 2.48. The molecule has 2 aromatic rings. The quantitative estimate of drug-likeness (QED) is 0.804. The van der Waals surface area contributed by atoms with Gasteiger partial charge in [0.25, 0.3) is 0 Å². The van der Waals surface area contributed by atoms with Crippen LogP contribution in [0.2, 0.25) is 0 Å². The van der Waals surface area contributed by atoms with Gasteiger partial charge < -0.3 is 5.01 Å². The van der Waals surface area contributed by atoms with Crippen LogP contribution in [0.1, 0.15) is 37.4 Å². The summed E-state index contributed by atoms with van der Waals surface area (Å²) >= 11 is 0. The average Bonchev–Trinajstić information content (AvgIpc) is 2.93. The largest absolute Gasteiger partial charge is 0.307 e. The smallest absolute Gasteiger partial charge is 0.0750 e. The first kappa shape index (κ1) is 14.9. The van der Waals surface area contributed by atoms with E-state index in [1.54, 1.807) is 0 Å². The van der Waals surface area contributed by atoms with E-state index in [1.165, 1.54) is 16.8 Å². The molecular formula is C20H24N2. The second kappa shape index (κ2) is 6.37. The number of hydrogen-bond acceptors (Lipinski definition) is 2. The summed E-state index contributed by atoms with van der Waals surface area (Å²) < 4.78 is 0. The number of rotatable bonds is 4. The molecule has 114 valence electrons. The van der Waals surface area contributed by atoms with Crippen LogP contribution in [0.15, 0.2) is 66.7 Å². The molecule has 0 amide bonds. The SMILES string of the molecule is CCC(C)N1C(c2ccccc2)C=C(c2ccccc2)N1C. The molecule has 2 heteroatoms. The number of nitrogens with zero attached hydrogens (tertiary/aromatic N) is 2. The van der Waals surface area contributed by atoms with Gasteiger partial charge in [-0.05, 0) is 30.5 Å². The van der Waals surface area contributed by atoms with Crippen LogP contribution in [0.25, 0.3) is 5.70 Å². The summed E-state index contributed by atoms with van der Waals surface area (Å²) in [5.74, 6) is 0. The van der Waals surface area contributed by atoms with Crippen molar-refractivity contribution in [2.45, 2.75) is 32.4 Å². The third-order valence-electron chi connectivity index (χ3n) is 4.55. The van der Waals surface area contributed by atoms with Gasteiger partial charge in [-0.15, -0.1) is 0 Å². The van der Waals surface area contributed by atoms with Crippen LogP contribution in [-0.4, -0.2) is 23.1 Å². The topological polar surface area (TPSA) is 6.48 Å². The van der Waals surface area contributed by atoms with Gasteiger partial charge in [0.2, 0.25) is 0 Å². The van der Waals surface area contributed by atoms with Gasteiger partial charge in [0, 0.05) is 13.1 Å². The summed E-state index contributed by atoms with van der Waals surface area (Å²) in [5.41, 5.74) is 3.91. The van der Waals surface area contributed by atoms with Crippen molar-refractivity contribution in [1.82, 2.24) is 10.0 Å². The molecular weight excluding hydrogens is 268 g/mol. The molecule has 2 atom stereocenters. The molecule has 0 aliphatic carbocycles. The van der Waals surface area contributed by atoms with Gasteiger partial charge in [0.05, 0.1) is 11.7 Å². The summed E-state index contributed by atoms with van der Waals surface area (Å²) in [7, 11) is 2.17. The fourth-order valence-electron chi connectivity index (χ4n) is 3.19. The molecule has 0 fully saturated rings. The molecule has 0 saturated carbocycles. The van der Waals surface area contributed by atoms with Crippen molar-refractivity contribution < 1.29 is 0 Å². The molecule has 2 nitrogen and oxygen atoms in total. The minimum Gasteiger partial charge on any atom is -0.307 e. The summed E-state index contributed by atoms with van der Waals surface area (Å²) in [4.78, 5) is 0. The molecule has 0 spiro atoms. The Hall–Kier alpha value is -2.06. The Morgan fingerprint density at radius 3 is 2.14 bits per heavy atom. The zero-order valence-electron chi connectivity index (χ0n) is 13.6. The van der Waals surface area contributed by atoms with E-state index in [0.717, 1.165) is 6.42 Å². The zero-order valence-corrected chi connectivity index (χ0v) is 13.6. The molecule has 1 heterocycles. The average molecular weight is 292 g/mol. The molecule has 2 aromatic carbocycles. The van der Waals surface area contributed by atoms with E-state index in [0.29, 0.717) is 12.1 Å². The van der Waals surface area contributed by atoms with Crippen molar-refractivity contribution in [3.63, 3.8) is 0 Å². The molecule has 2 unspecified atom stereocenters. The van der Waals surface area contributed by atoms with Gasteiger partial charge in [0.1, 0.15) is 0 Å². The lowest BCUT2D eigenvalue weighted by Crippen LogP contribution is -2.42. The molecule has 22 heavy (non-hydrogen) atoms. The van der Waals surface area contributed by atoms with Crippen LogP contribution in [-0.2, 0) is 0 Å². The van der Waals surface area contributed by atoms with Gasteiger partial charge in [-0.2, -0.15) is 0 Å². The van der Waals surface area contributed by atoms with Crippen LogP contribution in [0.4, 0.5) is 0 Å².